The summed E-state index contributed by atoms with van der Waals surface area (Å²) in [5, 5.41) is 12.7. The van der Waals surface area contributed by atoms with E-state index in [9.17, 15) is 9.90 Å². The van der Waals surface area contributed by atoms with Crippen LogP contribution >= 0.6 is 0 Å². The average Bonchev–Trinajstić information content (AvgIpc) is 2.17. The first kappa shape index (κ1) is 9.21. The molecule has 1 aromatic rings. The molecule has 0 spiro atoms. The van der Waals surface area contributed by atoms with E-state index in [1.54, 1.807) is 13.0 Å². The van der Waals surface area contributed by atoms with Gasteiger partial charge in [0.1, 0.15) is 11.5 Å². The number of fused-ring (bicyclic) bond motifs is 1. The van der Waals surface area contributed by atoms with Crippen LogP contribution in [0.3, 0.4) is 0 Å². The van der Waals surface area contributed by atoms with E-state index >= 15 is 0 Å². The molecule has 0 amide bonds. The molecular formula is C11H13NO2. The van der Waals surface area contributed by atoms with Crippen molar-refractivity contribution in [2.24, 2.45) is 0 Å². The fourth-order valence-electron chi connectivity index (χ4n) is 1.82. The molecule has 1 atom stereocenters. The second-order valence-electron chi connectivity index (χ2n) is 3.66. The van der Waals surface area contributed by atoms with Gasteiger partial charge in [0, 0.05) is 12.1 Å². The average molecular weight is 191 g/mol. The highest BCUT2D eigenvalue weighted by molar-refractivity contribution is 5.82. The summed E-state index contributed by atoms with van der Waals surface area (Å²) in [5.74, 6) is 0.469. The van der Waals surface area contributed by atoms with Crippen LogP contribution in [-0.2, 0) is 17.8 Å². The summed E-state index contributed by atoms with van der Waals surface area (Å²) in [4.78, 5) is 11.2. The normalized spacial score (nSPS) is 20.2. The van der Waals surface area contributed by atoms with Crippen molar-refractivity contribution in [3.63, 3.8) is 0 Å². The van der Waals surface area contributed by atoms with E-state index in [4.69, 9.17) is 0 Å². The zero-order valence-corrected chi connectivity index (χ0v) is 8.08. The molecule has 74 valence electrons. The Kier molecular flexibility index (Phi) is 2.25. The van der Waals surface area contributed by atoms with Gasteiger partial charge in [-0.25, -0.2) is 0 Å². The van der Waals surface area contributed by atoms with E-state index in [1.165, 1.54) is 0 Å². The third kappa shape index (κ3) is 1.51. The first-order chi connectivity index (χ1) is 6.68. The molecule has 0 bridgehead atoms. The van der Waals surface area contributed by atoms with Gasteiger partial charge in [0.25, 0.3) is 0 Å². The number of phenols is 1. The standard InChI is InChI=1S/C11H13NO2/c1-7(13)10-5-8-3-2-4-11(14)9(8)6-12-10/h2-4,10,12,14H,5-6H2,1H3/t10-/m0/s1. The summed E-state index contributed by atoms with van der Waals surface area (Å²) in [6.45, 7) is 2.16. The summed E-state index contributed by atoms with van der Waals surface area (Å²) in [6, 6.07) is 5.36. The van der Waals surface area contributed by atoms with Crippen molar-refractivity contribution in [3.8, 4) is 5.75 Å². The third-order valence-corrected chi connectivity index (χ3v) is 2.69. The highest BCUT2D eigenvalue weighted by Gasteiger charge is 2.22. The molecular weight excluding hydrogens is 178 g/mol. The summed E-state index contributed by atoms with van der Waals surface area (Å²) >= 11 is 0. The Morgan fingerprint density at radius 2 is 2.36 bits per heavy atom. The number of aromatic hydroxyl groups is 1. The van der Waals surface area contributed by atoms with Crippen molar-refractivity contribution in [2.45, 2.75) is 25.9 Å². The summed E-state index contributed by atoms with van der Waals surface area (Å²) in [5.41, 5.74) is 1.99. The maximum atomic E-state index is 11.2. The second-order valence-corrected chi connectivity index (χ2v) is 3.66. The largest absolute Gasteiger partial charge is 0.508 e. The minimum absolute atomic E-state index is 0.0932. The van der Waals surface area contributed by atoms with Crippen LogP contribution in [-0.4, -0.2) is 16.9 Å². The first-order valence-electron chi connectivity index (χ1n) is 4.72. The molecule has 3 nitrogen and oxygen atoms in total. The van der Waals surface area contributed by atoms with E-state index in [2.05, 4.69) is 5.32 Å². The minimum Gasteiger partial charge on any atom is -0.508 e. The van der Waals surface area contributed by atoms with E-state index in [0.717, 1.165) is 11.1 Å². The van der Waals surface area contributed by atoms with Crippen LogP contribution in [0.2, 0.25) is 0 Å². The van der Waals surface area contributed by atoms with Gasteiger partial charge < -0.3 is 10.4 Å². The Morgan fingerprint density at radius 1 is 1.57 bits per heavy atom. The number of Topliss-reactive ketones (excluding diaryl/α,β-unsaturated/α-hetero) is 1. The molecule has 0 aliphatic carbocycles. The van der Waals surface area contributed by atoms with Gasteiger partial charge >= 0.3 is 0 Å². The summed E-state index contributed by atoms with van der Waals surface area (Å²) < 4.78 is 0. The molecule has 2 N–H and O–H groups in total. The van der Waals surface area contributed by atoms with Crippen LogP contribution in [0.15, 0.2) is 18.2 Å². The summed E-state index contributed by atoms with van der Waals surface area (Å²) in [7, 11) is 0. The first-order valence-corrected chi connectivity index (χ1v) is 4.72. The van der Waals surface area contributed by atoms with Crippen LogP contribution in [0.4, 0.5) is 0 Å². The predicted octanol–water partition coefficient (Wildman–Crippen LogP) is 0.995. The molecule has 3 heteroatoms. The van der Waals surface area contributed by atoms with Crippen LogP contribution in [0.1, 0.15) is 18.1 Å². The predicted molar refractivity (Wildman–Crippen MR) is 53.1 cm³/mol. The molecule has 1 heterocycles. The zero-order chi connectivity index (χ0) is 10.1. The van der Waals surface area contributed by atoms with Crippen molar-refractivity contribution in [3.05, 3.63) is 29.3 Å². The molecule has 0 fully saturated rings. The molecule has 1 aromatic carbocycles. The van der Waals surface area contributed by atoms with Crippen molar-refractivity contribution >= 4 is 5.78 Å². The maximum Gasteiger partial charge on any atom is 0.147 e. The van der Waals surface area contributed by atoms with Gasteiger partial charge in [-0.05, 0) is 25.0 Å². The Bertz CT molecular complexity index is 374. The fourth-order valence-corrected chi connectivity index (χ4v) is 1.82. The lowest BCUT2D eigenvalue weighted by Gasteiger charge is -2.24. The number of hydrogen-bond acceptors (Lipinski definition) is 3. The highest BCUT2D eigenvalue weighted by atomic mass is 16.3. The Morgan fingerprint density at radius 3 is 3.07 bits per heavy atom. The van der Waals surface area contributed by atoms with E-state index in [0.29, 0.717) is 18.7 Å². The topological polar surface area (TPSA) is 49.3 Å². The quantitative estimate of drug-likeness (QED) is 0.696. The molecule has 0 saturated carbocycles. The Hall–Kier alpha value is -1.35. The molecule has 2 rings (SSSR count). The SMILES string of the molecule is CC(=O)[C@@H]1Cc2cccc(O)c2CN1. The zero-order valence-electron chi connectivity index (χ0n) is 8.08. The van der Waals surface area contributed by atoms with Gasteiger partial charge in [0.15, 0.2) is 0 Å². The van der Waals surface area contributed by atoms with Crippen molar-refractivity contribution in [1.82, 2.24) is 5.32 Å². The smallest absolute Gasteiger partial charge is 0.147 e. The van der Waals surface area contributed by atoms with Gasteiger partial charge in [-0.2, -0.15) is 0 Å². The number of benzene rings is 1. The molecule has 14 heavy (non-hydrogen) atoms. The van der Waals surface area contributed by atoms with Gasteiger partial charge in [-0.15, -0.1) is 0 Å². The fraction of sp³-hybridized carbons (Fsp3) is 0.364. The molecule has 1 aliphatic rings. The van der Waals surface area contributed by atoms with Gasteiger partial charge in [0.2, 0.25) is 0 Å². The molecule has 0 aromatic heterocycles. The molecule has 0 radical (unpaired) electrons. The van der Waals surface area contributed by atoms with Gasteiger partial charge in [-0.3, -0.25) is 4.79 Å². The van der Waals surface area contributed by atoms with Crippen LogP contribution in [0, 0.1) is 0 Å². The number of ketones is 1. The number of phenolic OH excluding ortho intramolecular Hbond substituents is 1. The van der Waals surface area contributed by atoms with Crippen molar-refractivity contribution < 1.29 is 9.90 Å². The Labute approximate surface area is 82.8 Å². The van der Waals surface area contributed by atoms with Crippen LogP contribution in [0.25, 0.3) is 0 Å². The Balaban J connectivity index is 2.31. The highest BCUT2D eigenvalue weighted by Crippen LogP contribution is 2.25. The summed E-state index contributed by atoms with van der Waals surface area (Å²) in [6.07, 6.45) is 0.680. The minimum atomic E-state index is -0.0932. The lowest BCUT2D eigenvalue weighted by Crippen LogP contribution is -2.40. The lowest BCUT2D eigenvalue weighted by atomic mass is 9.93. The number of carbonyl (C=O) groups is 1. The number of rotatable bonds is 1. The number of hydrogen-bond donors (Lipinski definition) is 2. The van der Waals surface area contributed by atoms with Gasteiger partial charge in [-0.1, -0.05) is 12.1 Å². The molecule has 0 saturated heterocycles. The monoisotopic (exact) mass is 191 g/mol. The van der Waals surface area contributed by atoms with Crippen LogP contribution in [0.5, 0.6) is 5.75 Å². The maximum absolute atomic E-state index is 11.2. The second kappa shape index (κ2) is 3.42. The lowest BCUT2D eigenvalue weighted by molar-refractivity contribution is -0.119. The molecule has 1 aliphatic heterocycles. The third-order valence-electron chi connectivity index (χ3n) is 2.69. The van der Waals surface area contributed by atoms with E-state index < -0.39 is 0 Å². The van der Waals surface area contributed by atoms with Crippen molar-refractivity contribution in [1.29, 1.82) is 0 Å². The van der Waals surface area contributed by atoms with Gasteiger partial charge in [0.05, 0.1) is 6.04 Å². The number of carbonyl (C=O) groups excluding carboxylic acids is 1. The number of nitrogens with one attached hydrogen (secondary N) is 1. The van der Waals surface area contributed by atoms with E-state index in [1.807, 2.05) is 12.1 Å². The molecule has 0 unspecified atom stereocenters. The van der Waals surface area contributed by atoms with Crippen LogP contribution < -0.4 is 5.32 Å². The van der Waals surface area contributed by atoms with Crippen molar-refractivity contribution in [2.75, 3.05) is 0 Å². The van der Waals surface area contributed by atoms with E-state index in [-0.39, 0.29) is 11.8 Å².